The van der Waals surface area contributed by atoms with E-state index in [0.29, 0.717) is 19.3 Å². The molecule has 2 unspecified atom stereocenters. The Morgan fingerprint density at radius 3 is 1.55 bits per heavy atom. The lowest BCUT2D eigenvalue weighted by Gasteiger charge is -2.34. The van der Waals surface area contributed by atoms with Crippen LogP contribution in [0, 0.1) is 0 Å². The maximum Gasteiger partial charge on any atom is 0.306 e. The number of hydrogen-bond donors (Lipinski definition) is 0. The van der Waals surface area contributed by atoms with E-state index in [1.807, 2.05) is 54.7 Å². The van der Waals surface area contributed by atoms with Crippen LogP contribution < -0.4 is 5.11 Å². The summed E-state index contributed by atoms with van der Waals surface area (Å²) in [6.45, 7) is 4.32. The van der Waals surface area contributed by atoms with Crippen LogP contribution >= 0.6 is 0 Å². The molecule has 0 saturated carbocycles. The monoisotopic (exact) mass is 804 g/mol. The maximum absolute atomic E-state index is 12.7. The van der Waals surface area contributed by atoms with E-state index >= 15 is 0 Å². The number of hydrogen-bond acceptors (Lipinski definition) is 7. The van der Waals surface area contributed by atoms with E-state index < -0.39 is 24.1 Å². The molecular formula is C50H77NO7. The van der Waals surface area contributed by atoms with Gasteiger partial charge in [-0.15, -0.1) is 0 Å². The summed E-state index contributed by atoms with van der Waals surface area (Å²) in [5.74, 6) is -1.91. The van der Waals surface area contributed by atoms with Gasteiger partial charge in [0.2, 0.25) is 0 Å². The van der Waals surface area contributed by atoms with Crippen molar-refractivity contribution in [1.82, 2.24) is 0 Å². The number of esters is 2. The van der Waals surface area contributed by atoms with Gasteiger partial charge in [-0.05, 0) is 77.0 Å². The molecule has 0 bridgehead atoms. The molecule has 0 spiro atoms. The molecule has 8 nitrogen and oxygen atoms in total. The first kappa shape index (κ1) is 53.7. The first-order chi connectivity index (χ1) is 28.1. The van der Waals surface area contributed by atoms with Gasteiger partial charge in [0.05, 0.1) is 40.3 Å². The van der Waals surface area contributed by atoms with Crippen LogP contribution in [0.2, 0.25) is 0 Å². The predicted octanol–water partition coefficient (Wildman–Crippen LogP) is 10.5. The standard InChI is InChI=1S/C50H77NO7/c1-6-8-10-12-14-16-18-20-21-22-23-24-25-26-27-29-30-32-34-36-38-40-48(52)57-45-46(44-56-43-42-47(50(54)55)51(3,4)5)58-49(53)41-39-37-35-33-31-28-19-17-15-13-11-9-7-2/h9,11,13-17,19-21,23-24,26-28,30-33,35,46-47H,6-8,10,12,18,22,25,29,34,36-45H2,1-5H3/b11-9+,15-13+,16-14+,19-17+,21-20+,24-23+,27-26+,31-28+,32-30+,35-33+. The van der Waals surface area contributed by atoms with E-state index in [1.165, 1.54) is 25.7 Å². The summed E-state index contributed by atoms with van der Waals surface area (Å²) < 4.78 is 17.0. The molecule has 0 aromatic rings. The molecule has 0 aromatic heterocycles. The Kier molecular flexibility index (Phi) is 36.6. The zero-order valence-electron chi connectivity index (χ0n) is 36.6. The van der Waals surface area contributed by atoms with Gasteiger partial charge < -0.3 is 28.6 Å². The molecule has 0 aliphatic heterocycles. The highest BCUT2D eigenvalue weighted by molar-refractivity contribution is 5.70. The Hall–Kier alpha value is -4.27. The van der Waals surface area contributed by atoms with E-state index in [9.17, 15) is 19.5 Å². The number of carboxylic acid groups (broad SMARTS) is 1. The second-order valence-corrected chi connectivity index (χ2v) is 15.0. The average Bonchev–Trinajstić information content (AvgIpc) is 3.18. The second kappa shape index (κ2) is 39.6. The molecule has 0 N–H and O–H groups in total. The topological polar surface area (TPSA) is 102 Å². The van der Waals surface area contributed by atoms with Gasteiger partial charge in [0, 0.05) is 19.3 Å². The Labute approximate surface area is 352 Å². The largest absolute Gasteiger partial charge is 0.544 e. The highest BCUT2D eigenvalue weighted by Crippen LogP contribution is 2.10. The summed E-state index contributed by atoms with van der Waals surface area (Å²) in [6, 6.07) is -0.753. The normalized spacial score (nSPS) is 14.2. The van der Waals surface area contributed by atoms with E-state index in [4.69, 9.17) is 14.2 Å². The summed E-state index contributed by atoms with van der Waals surface area (Å²) in [5.41, 5.74) is 0. The van der Waals surface area contributed by atoms with Crippen LogP contribution in [0.25, 0.3) is 0 Å². The Morgan fingerprint density at radius 2 is 1.03 bits per heavy atom. The molecule has 0 amide bonds. The van der Waals surface area contributed by atoms with Crippen molar-refractivity contribution in [2.75, 3.05) is 41.0 Å². The van der Waals surface area contributed by atoms with Crippen molar-refractivity contribution in [2.45, 2.75) is 135 Å². The number of carbonyl (C=O) groups is 3. The molecule has 0 saturated heterocycles. The van der Waals surface area contributed by atoms with Crippen molar-refractivity contribution in [3.05, 3.63) is 122 Å². The second-order valence-electron chi connectivity index (χ2n) is 15.0. The minimum Gasteiger partial charge on any atom is -0.544 e. The Morgan fingerprint density at radius 1 is 0.552 bits per heavy atom. The van der Waals surface area contributed by atoms with Crippen molar-refractivity contribution >= 4 is 17.9 Å². The molecule has 0 aromatic carbocycles. The van der Waals surface area contributed by atoms with Crippen LogP contribution in [0.5, 0.6) is 0 Å². The van der Waals surface area contributed by atoms with E-state index in [-0.39, 0.29) is 49.5 Å². The predicted molar refractivity (Wildman–Crippen MR) is 240 cm³/mol. The molecule has 324 valence electrons. The molecule has 58 heavy (non-hydrogen) atoms. The number of quaternary nitrogens is 1. The highest BCUT2D eigenvalue weighted by Gasteiger charge is 2.25. The van der Waals surface area contributed by atoms with Crippen molar-refractivity contribution < 1.29 is 38.2 Å². The minimum atomic E-state index is -1.15. The number of likely N-dealkylation sites (N-methyl/N-ethyl adjacent to an activating group) is 1. The third-order valence-electron chi connectivity index (χ3n) is 8.71. The van der Waals surface area contributed by atoms with Gasteiger partial charge >= 0.3 is 11.9 Å². The fourth-order valence-electron chi connectivity index (χ4n) is 5.35. The lowest BCUT2D eigenvalue weighted by Crippen LogP contribution is -2.55. The summed E-state index contributed by atoms with van der Waals surface area (Å²) in [4.78, 5) is 36.8. The van der Waals surface area contributed by atoms with Gasteiger partial charge in [-0.25, -0.2) is 0 Å². The first-order valence-electron chi connectivity index (χ1n) is 21.6. The Bertz CT molecular complexity index is 1350. The van der Waals surface area contributed by atoms with E-state index in [2.05, 4.69) is 80.7 Å². The van der Waals surface area contributed by atoms with Crippen molar-refractivity contribution in [3.63, 3.8) is 0 Å². The zero-order valence-corrected chi connectivity index (χ0v) is 36.6. The van der Waals surface area contributed by atoms with Gasteiger partial charge in [-0.3, -0.25) is 9.59 Å². The number of carbonyl (C=O) groups excluding carboxylic acids is 3. The molecule has 0 rings (SSSR count). The smallest absolute Gasteiger partial charge is 0.306 e. The van der Waals surface area contributed by atoms with Crippen LogP contribution in [0.15, 0.2) is 122 Å². The molecule has 0 aliphatic rings. The Balaban J connectivity index is 4.53. The fraction of sp³-hybridized carbons (Fsp3) is 0.540. The number of nitrogens with zero attached hydrogens (tertiary/aromatic N) is 1. The number of allylic oxidation sites excluding steroid dienone is 20. The van der Waals surface area contributed by atoms with E-state index in [0.717, 1.165) is 44.9 Å². The van der Waals surface area contributed by atoms with Gasteiger partial charge in [0.15, 0.2) is 6.10 Å². The number of rotatable bonds is 36. The maximum atomic E-state index is 12.7. The lowest BCUT2D eigenvalue weighted by molar-refractivity contribution is -0.889. The molecular weight excluding hydrogens is 727 g/mol. The number of aliphatic carboxylic acids is 1. The number of unbranched alkanes of at least 4 members (excludes halogenated alkanes) is 6. The third-order valence-corrected chi connectivity index (χ3v) is 8.71. The van der Waals surface area contributed by atoms with Gasteiger partial charge in [0.25, 0.3) is 0 Å². The summed E-state index contributed by atoms with van der Waals surface area (Å²) in [6.07, 6.45) is 55.3. The quantitative estimate of drug-likeness (QED) is 0.0204. The molecule has 0 fully saturated rings. The van der Waals surface area contributed by atoms with Gasteiger partial charge in [0.1, 0.15) is 12.6 Å². The minimum absolute atomic E-state index is 0.0114. The van der Waals surface area contributed by atoms with Crippen LogP contribution in [0.3, 0.4) is 0 Å². The van der Waals surface area contributed by atoms with Crippen LogP contribution in [-0.4, -0.2) is 75.5 Å². The van der Waals surface area contributed by atoms with Gasteiger partial charge in [-0.2, -0.15) is 0 Å². The number of carboxylic acids is 1. The van der Waals surface area contributed by atoms with Crippen molar-refractivity contribution in [3.8, 4) is 0 Å². The lowest BCUT2D eigenvalue weighted by atomic mass is 10.1. The molecule has 0 aliphatic carbocycles. The summed E-state index contributed by atoms with van der Waals surface area (Å²) in [5, 5.41) is 11.6. The molecule has 2 atom stereocenters. The number of ether oxygens (including phenoxy) is 3. The first-order valence-corrected chi connectivity index (χ1v) is 21.6. The summed E-state index contributed by atoms with van der Waals surface area (Å²) in [7, 11) is 5.35. The molecule has 0 heterocycles. The van der Waals surface area contributed by atoms with Crippen LogP contribution in [0.4, 0.5) is 0 Å². The van der Waals surface area contributed by atoms with Crippen LogP contribution in [-0.2, 0) is 28.6 Å². The highest BCUT2D eigenvalue weighted by atomic mass is 16.6. The van der Waals surface area contributed by atoms with Crippen molar-refractivity contribution in [2.24, 2.45) is 0 Å². The third kappa shape index (κ3) is 37.3. The zero-order chi connectivity index (χ0) is 42.8. The fourth-order valence-corrected chi connectivity index (χ4v) is 5.35. The van der Waals surface area contributed by atoms with Gasteiger partial charge in [-0.1, -0.05) is 148 Å². The average molecular weight is 804 g/mol. The summed E-state index contributed by atoms with van der Waals surface area (Å²) >= 11 is 0. The molecule has 0 radical (unpaired) electrons. The van der Waals surface area contributed by atoms with Crippen LogP contribution in [0.1, 0.15) is 123 Å². The SMILES string of the molecule is CC/C=C/C=C/C=C/C=C/C=C/CCCC(=O)OC(COCCC(C(=O)[O-])[N+](C)(C)C)COC(=O)CCCC/C=C/C/C=C/C/C=C/C/C=C/C/C=C/CCCCC. The molecule has 8 heteroatoms. The van der Waals surface area contributed by atoms with E-state index in [1.54, 1.807) is 21.1 Å². The van der Waals surface area contributed by atoms with Crippen molar-refractivity contribution in [1.29, 1.82) is 0 Å².